The molecule has 0 fully saturated rings. The maximum Gasteiger partial charge on any atom is 0.241 e. The maximum atomic E-state index is 13.1. The van der Waals surface area contributed by atoms with Gasteiger partial charge in [-0.15, -0.1) is 11.8 Å². The van der Waals surface area contributed by atoms with Crippen LogP contribution in [0.3, 0.4) is 0 Å². The minimum absolute atomic E-state index is 0.0233. The first-order chi connectivity index (χ1) is 14.2. The fourth-order valence-corrected chi connectivity index (χ4v) is 5.03. The van der Waals surface area contributed by atoms with Crippen molar-refractivity contribution in [2.45, 2.75) is 44.3 Å². The fraction of sp³-hybridized carbons (Fsp3) is 0.417. The highest BCUT2D eigenvalue weighted by molar-refractivity contribution is 8.00. The second-order valence-electron chi connectivity index (χ2n) is 8.22. The van der Waals surface area contributed by atoms with Crippen LogP contribution in [0.15, 0.2) is 41.3 Å². The summed E-state index contributed by atoms with van der Waals surface area (Å²) in [6.07, 6.45) is 0.946. The smallest absolute Gasteiger partial charge is 0.241 e. The van der Waals surface area contributed by atoms with Crippen LogP contribution in [0, 0.1) is 20.8 Å². The number of amides is 2. The highest BCUT2D eigenvalue weighted by Crippen LogP contribution is 2.37. The summed E-state index contributed by atoms with van der Waals surface area (Å²) < 4.78 is 0. The minimum atomic E-state index is -0.110. The Bertz CT molecular complexity index is 921. The molecule has 1 aliphatic heterocycles. The van der Waals surface area contributed by atoms with Crippen molar-refractivity contribution in [3.8, 4) is 0 Å². The molecule has 2 aromatic rings. The standard InChI is InChI=1S/C24H31N3O2S/c1-16-12-17(2)24(18(3)13-16)25-22(28)14-26(5)15-23(29)27-11-10-19(4)30-21-9-7-6-8-20(21)27/h6-9,12-13,19H,10-11,14-15H2,1-5H3,(H,25,28)/t19-/m0/s1. The van der Waals surface area contributed by atoms with Gasteiger partial charge in [-0.1, -0.05) is 36.8 Å². The number of benzene rings is 2. The third kappa shape index (κ3) is 5.43. The Morgan fingerprint density at radius 1 is 1.13 bits per heavy atom. The molecule has 2 amide bonds. The van der Waals surface area contributed by atoms with Gasteiger partial charge in [-0.05, 0) is 57.5 Å². The largest absolute Gasteiger partial charge is 0.324 e. The summed E-state index contributed by atoms with van der Waals surface area (Å²) in [4.78, 5) is 30.4. The van der Waals surface area contributed by atoms with E-state index in [1.807, 2.05) is 62.7 Å². The van der Waals surface area contributed by atoms with Crippen LogP contribution in [0.25, 0.3) is 0 Å². The van der Waals surface area contributed by atoms with E-state index in [-0.39, 0.29) is 24.9 Å². The third-order valence-corrected chi connectivity index (χ3v) is 6.54. The molecule has 0 aromatic heterocycles. The fourth-order valence-electron chi connectivity index (χ4n) is 3.92. The van der Waals surface area contributed by atoms with Crippen molar-refractivity contribution >= 4 is 35.0 Å². The van der Waals surface area contributed by atoms with Gasteiger partial charge in [-0.3, -0.25) is 14.5 Å². The number of carbonyl (C=O) groups excluding carboxylic acids is 2. The summed E-state index contributed by atoms with van der Waals surface area (Å²) in [5.41, 5.74) is 5.11. The molecule has 0 unspecified atom stereocenters. The van der Waals surface area contributed by atoms with Crippen molar-refractivity contribution < 1.29 is 9.59 Å². The zero-order valence-electron chi connectivity index (χ0n) is 18.5. The summed E-state index contributed by atoms with van der Waals surface area (Å²) in [6, 6.07) is 12.2. The minimum Gasteiger partial charge on any atom is -0.324 e. The lowest BCUT2D eigenvalue weighted by Crippen LogP contribution is -2.42. The number of anilines is 2. The van der Waals surface area contributed by atoms with Crippen LogP contribution in [-0.4, -0.2) is 48.6 Å². The molecule has 160 valence electrons. The van der Waals surface area contributed by atoms with Gasteiger partial charge in [0.05, 0.1) is 18.8 Å². The van der Waals surface area contributed by atoms with Gasteiger partial charge in [0.15, 0.2) is 0 Å². The molecule has 0 radical (unpaired) electrons. The van der Waals surface area contributed by atoms with E-state index in [0.29, 0.717) is 11.8 Å². The molecule has 1 atom stereocenters. The van der Waals surface area contributed by atoms with Crippen molar-refractivity contribution in [3.63, 3.8) is 0 Å². The highest BCUT2D eigenvalue weighted by Gasteiger charge is 2.25. The van der Waals surface area contributed by atoms with E-state index in [2.05, 4.69) is 30.4 Å². The lowest BCUT2D eigenvalue weighted by atomic mass is 10.1. The van der Waals surface area contributed by atoms with Gasteiger partial charge in [0.1, 0.15) is 0 Å². The Kier molecular flexibility index (Phi) is 7.21. The normalized spacial score (nSPS) is 16.2. The number of hydrogen-bond donors (Lipinski definition) is 1. The van der Waals surface area contributed by atoms with E-state index in [1.165, 1.54) is 5.56 Å². The zero-order valence-corrected chi connectivity index (χ0v) is 19.3. The zero-order chi connectivity index (χ0) is 21.8. The molecule has 0 bridgehead atoms. The van der Waals surface area contributed by atoms with Crippen LogP contribution in [0.1, 0.15) is 30.0 Å². The van der Waals surface area contributed by atoms with Crippen LogP contribution in [0.5, 0.6) is 0 Å². The average Bonchev–Trinajstić information content (AvgIpc) is 2.82. The Morgan fingerprint density at radius 2 is 1.80 bits per heavy atom. The van der Waals surface area contributed by atoms with Gasteiger partial charge in [0.25, 0.3) is 0 Å². The molecular weight excluding hydrogens is 394 g/mol. The number of rotatable bonds is 5. The summed E-state index contributed by atoms with van der Waals surface area (Å²) in [5, 5.41) is 3.48. The lowest BCUT2D eigenvalue weighted by Gasteiger charge is -2.25. The Labute approximate surface area is 183 Å². The van der Waals surface area contributed by atoms with Crippen LogP contribution < -0.4 is 10.2 Å². The molecule has 5 nitrogen and oxygen atoms in total. The van der Waals surface area contributed by atoms with E-state index in [4.69, 9.17) is 0 Å². The lowest BCUT2D eigenvalue weighted by molar-refractivity contribution is -0.121. The van der Waals surface area contributed by atoms with Crippen molar-refractivity contribution in [1.82, 2.24) is 4.90 Å². The van der Waals surface area contributed by atoms with E-state index >= 15 is 0 Å². The van der Waals surface area contributed by atoms with Gasteiger partial charge < -0.3 is 10.2 Å². The number of likely N-dealkylation sites (N-methyl/N-ethyl adjacent to an activating group) is 1. The topological polar surface area (TPSA) is 52.7 Å². The predicted molar refractivity (Wildman–Crippen MR) is 126 cm³/mol. The first-order valence-corrected chi connectivity index (χ1v) is 11.2. The summed E-state index contributed by atoms with van der Waals surface area (Å²) >= 11 is 1.82. The van der Waals surface area contributed by atoms with Crippen LogP contribution >= 0.6 is 11.8 Å². The monoisotopic (exact) mass is 425 g/mol. The Balaban J connectivity index is 1.63. The molecular formula is C24H31N3O2S. The number of para-hydroxylation sites is 1. The van der Waals surface area contributed by atoms with Crippen LogP contribution in [-0.2, 0) is 9.59 Å². The molecule has 0 saturated heterocycles. The van der Waals surface area contributed by atoms with Gasteiger partial charge in [0.2, 0.25) is 11.8 Å². The highest BCUT2D eigenvalue weighted by atomic mass is 32.2. The van der Waals surface area contributed by atoms with Crippen molar-refractivity contribution in [2.75, 3.05) is 36.9 Å². The summed E-state index contributed by atoms with van der Waals surface area (Å²) in [5.74, 6) is -0.0871. The molecule has 0 saturated carbocycles. The molecule has 1 heterocycles. The molecule has 3 rings (SSSR count). The Hall–Kier alpha value is -2.31. The number of fused-ring (bicyclic) bond motifs is 1. The van der Waals surface area contributed by atoms with Gasteiger partial charge >= 0.3 is 0 Å². The second kappa shape index (κ2) is 9.67. The van der Waals surface area contributed by atoms with Crippen molar-refractivity contribution in [1.29, 1.82) is 0 Å². The number of nitrogens with one attached hydrogen (secondary N) is 1. The predicted octanol–water partition coefficient (Wildman–Crippen LogP) is 4.40. The summed E-state index contributed by atoms with van der Waals surface area (Å²) in [7, 11) is 1.81. The molecule has 1 N–H and O–H groups in total. The van der Waals surface area contributed by atoms with Crippen LogP contribution in [0.4, 0.5) is 11.4 Å². The van der Waals surface area contributed by atoms with E-state index in [1.54, 1.807) is 4.90 Å². The molecule has 0 spiro atoms. The van der Waals surface area contributed by atoms with Gasteiger partial charge in [-0.2, -0.15) is 0 Å². The van der Waals surface area contributed by atoms with Crippen LogP contribution in [0.2, 0.25) is 0 Å². The first kappa shape index (κ1) is 22.4. The van der Waals surface area contributed by atoms with Gasteiger partial charge in [0, 0.05) is 22.4 Å². The Morgan fingerprint density at radius 3 is 2.50 bits per heavy atom. The van der Waals surface area contributed by atoms with E-state index in [0.717, 1.165) is 33.8 Å². The number of aryl methyl sites for hydroxylation is 3. The van der Waals surface area contributed by atoms with Crippen molar-refractivity contribution in [3.05, 3.63) is 53.1 Å². The second-order valence-corrected chi connectivity index (χ2v) is 9.70. The molecule has 2 aromatic carbocycles. The molecule has 30 heavy (non-hydrogen) atoms. The quantitative estimate of drug-likeness (QED) is 0.771. The summed E-state index contributed by atoms with van der Waals surface area (Å²) in [6.45, 7) is 9.31. The van der Waals surface area contributed by atoms with Gasteiger partial charge in [-0.25, -0.2) is 0 Å². The first-order valence-electron chi connectivity index (χ1n) is 10.4. The average molecular weight is 426 g/mol. The number of nitrogens with zero attached hydrogens (tertiary/aromatic N) is 2. The van der Waals surface area contributed by atoms with Crippen molar-refractivity contribution in [2.24, 2.45) is 0 Å². The number of thioether (sulfide) groups is 1. The third-order valence-electron chi connectivity index (χ3n) is 5.30. The maximum absolute atomic E-state index is 13.1. The molecule has 0 aliphatic carbocycles. The van der Waals surface area contributed by atoms with E-state index < -0.39 is 0 Å². The number of hydrogen-bond acceptors (Lipinski definition) is 4. The SMILES string of the molecule is Cc1cc(C)c(NC(=O)CN(C)CC(=O)N2CC[C@H](C)Sc3ccccc32)c(C)c1. The molecule has 1 aliphatic rings. The number of carbonyl (C=O) groups is 2. The molecule has 6 heteroatoms. The van der Waals surface area contributed by atoms with E-state index in [9.17, 15) is 9.59 Å².